The first-order valence-electron chi connectivity index (χ1n) is 13.6. The Bertz CT molecular complexity index is 999. The summed E-state index contributed by atoms with van der Waals surface area (Å²) >= 11 is 1.18. The minimum Gasteiger partial charge on any atom is -0.348 e. The van der Waals surface area contributed by atoms with Crippen molar-refractivity contribution >= 4 is 17.2 Å². The van der Waals surface area contributed by atoms with E-state index in [4.69, 9.17) is 0 Å². The van der Waals surface area contributed by atoms with Crippen molar-refractivity contribution in [2.45, 2.75) is 115 Å². The Hall–Kier alpha value is -1.80. The number of amides is 1. The van der Waals surface area contributed by atoms with Crippen LogP contribution in [0.25, 0.3) is 0 Å². The number of thiophene rings is 1. The molecular formula is C27H40FN5OS. The van der Waals surface area contributed by atoms with Gasteiger partial charge >= 0.3 is 0 Å². The molecule has 1 amide bonds. The molecule has 35 heavy (non-hydrogen) atoms. The van der Waals surface area contributed by atoms with Gasteiger partial charge in [0.25, 0.3) is 0 Å². The molecule has 3 fully saturated rings. The fraction of sp³-hybridized carbons (Fsp3) is 0.741. The molecule has 4 heterocycles. The van der Waals surface area contributed by atoms with Gasteiger partial charge < -0.3 is 9.88 Å². The lowest BCUT2D eigenvalue weighted by Gasteiger charge is -2.40. The SMILES string of the molecule is Cc1nnc(C(C)C)n1[C@@H]1C[C@H]2CC[C@@H](C1)N2CC[C@H](NC(=O)C1CCCCC1)c1ccc(F)s1. The summed E-state index contributed by atoms with van der Waals surface area (Å²) in [6, 6.07) is 4.84. The largest absolute Gasteiger partial charge is 0.348 e. The number of halogens is 1. The van der Waals surface area contributed by atoms with Gasteiger partial charge in [0.1, 0.15) is 11.6 Å². The van der Waals surface area contributed by atoms with Crippen LogP contribution < -0.4 is 5.32 Å². The van der Waals surface area contributed by atoms with Crippen LogP contribution in [0, 0.1) is 18.0 Å². The van der Waals surface area contributed by atoms with E-state index in [1.54, 1.807) is 0 Å². The van der Waals surface area contributed by atoms with E-state index >= 15 is 0 Å². The van der Waals surface area contributed by atoms with Gasteiger partial charge in [0.2, 0.25) is 5.91 Å². The molecule has 1 aliphatic carbocycles. The van der Waals surface area contributed by atoms with Crippen LogP contribution in [-0.2, 0) is 4.79 Å². The van der Waals surface area contributed by atoms with Gasteiger partial charge in [-0.1, -0.05) is 33.1 Å². The molecule has 2 aliphatic heterocycles. The summed E-state index contributed by atoms with van der Waals surface area (Å²) in [6.07, 6.45) is 11.0. The molecule has 192 valence electrons. The molecule has 2 bridgehead atoms. The van der Waals surface area contributed by atoms with Crippen molar-refractivity contribution in [2.24, 2.45) is 5.92 Å². The Morgan fingerprint density at radius 1 is 1.09 bits per heavy atom. The van der Waals surface area contributed by atoms with Gasteiger partial charge in [-0.3, -0.25) is 9.69 Å². The number of aromatic nitrogens is 3. The minimum atomic E-state index is -0.178. The predicted octanol–water partition coefficient (Wildman–Crippen LogP) is 5.91. The van der Waals surface area contributed by atoms with Gasteiger partial charge in [-0.15, -0.1) is 21.5 Å². The van der Waals surface area contributed by atoms with Crippen LogP contribution in [0.2, 0.25) is 0 Å². The number of nitrogens with zero attached hydrogens (tertiary/aromatic N) is 4. The maximum absolute atomic E-state index is 13.9. The summed E-state index contributed by atoms with van der Waals surface area (Å²) in [5.41, 5.74) is 0. The molecule has 0 aromatic carbocycles. The van der Waals surface area contributed by atoms with Crippen molar-refractivity contribution in [1.82, 2.24) is 25.0 Å². The van der Waals surface area contributed by atoms with Crippen LogP contribution in [0.15, 0.2) is 12.1 Å². The lowest BCUT2D eigenvalue weighted by molar-refractivity contribution is -0.126. The number of hydrogen-bond donors (Lipinski definition) is 1. The van der Waals surface area contributed by atoms with Crippen LogP contribution in [0.4, 0.5) is 4.39 Å². The topological polar surface area (TPSA) is 63.1 Å². The van der Waals surface area contributed by atoms with E-state index in [1.165, 1.54) is 36.7 Å². The highest BCUT2D eigenvalue weighted by atomic mass is 32.1. The highest BCUT2D eigenvalue weighted by Crippen LogP contribution is 2.42. The summed E-state index contributed by atoms with van der Waals surface area (Å²) in [6.45, 7) is 7.40. The standard InChI is InChI=1S/C27H40FN5OS/c1-17(2)26-31-30-18(3)33(26)22-15-20-9-10-21(16-22)32(20)14-13-23(24-11-12-25(28)35-24)29-27(34)19-7-5-4-6-8-19/h11-12,17,19-23H,4-10,13-16H2,1-3H3,(H,29,34)/t20-,21+,22-,23-/m0/s1. The second kappa shape index (κ2) is 10.7. The quantitative estimate of drug-likeness (QED) is 0.489. The van der Waals surface area contributed by atoms with E-state index in [2.05, 4.69) is 45.8 Å². The number of carbonyl (C=O) groups is 1. The zero-order valence-corrected chi connectivity index (χ0v) is 22.2. The van der Waals surface area contributed by atoms with Gasteiger partial charge in [-0.05, 0) is 64.0 Å². The number of piperidine rings is 1. The van der Waals surface area contributed by atoms with Crippen molar-refractivity contribution in [3.63, 3.8) is 0 Å². The van der Waals surface area contributed by atoms with Crippen molar-refractivity contribution in [2.75, 3.05) is 6.54 Å². The van der Waals surface area contributed by atoms with Gasteiger partial charge in [0, 0.05) is 41.4 Å². The van der Waals surface area contributed by atoms with Crippen molar-refractivity contribution < 1.29 is 9.18 Å². The summed E-state index contributed by atoms with van der Waals surface area (Å²) in [4.78, 5) is 16.7. The molecular weight excluding hydrogens is 461 g/mol. The molecule has 1 N–H and O–H groups in total. The van der Waals surface area contributed by atoms with Crippen LogP contribution in [-0.4, -0.2) is 44.2 Å². The number of fused-ring (bicyclic) bond motifs is 2. The molecule has 6 nitrogen and oxygen atoms in total. The van der Waals surface area contributed by atoms with Crippen LogP contribution >= 0.6 is 11.3 Å². The van der Waals surface area contributed by atoms with E-state index in [1.807, 2.05) is 6.07 Å². The number of carbonyl (C=O) groups excluding carboxylic acids is 1. The van der Waals surface area contributed by atoms with Crippen molar-refractivity contribution in [3.05, 3.63) is 33.8 Å². The van der Waals surface area contributed by atoms with Crippen molar-refractivity contribution in [1.29, 1.82) is 0 Å². The molecule has 3 aliphatic rings. The first-order valence-corrected chi connectivity index (χ1v) is 14.4. The monoisotopic (exact) mass is 501 g/mol. The number of hydrogen-bond acceptors (Lipinski definition) is 5. The van der Waals surface area contributed by atoms with Gasteiger partial charge in [-0.2, -0.15) is 4.39 Å². The maximum atomic E-state index is 13.9. The first kappa shape index (κ1) is 24.9. The average molecular weight is 502 g/mol. The second-order valence-electron chi connectivity index (χ2n) is 11.2. The Labute approximate surface area is 212 Å². The molecule has 5 rings (SSSR count). The van der Waals surface area contributed by atoms with Gasteiger partial charge in [0.15, 0.2) is 5.13 Å². The first-order chi connectivity index (χ1) is 16.9. The third-order valence-electron chi connectivity index (χ3n) is 8.54. The molecule has 8 heteroatoms. The summed E-state index contributed by atoms with van der Waals surface area (Å²) in [7, 11) is 0. The molecule has 2 aromatic rings. The normalized spacial score (nSPS) is 26.4. The highest BCUT2D eigenvalue weighted by molar-refractivity contribution is 7.10. The van der Waals surface area contributed by atoms with E-state index in [0.29, 0.717) is 24.0 Å². The third kappa shape index (κ3) is 5.33. The molecule has 2 aromatic heterocycles. The zero-order valence-electron chi connectivity index (χ0n) is 21.4. The van der Waals surface area contributed by atoms with Crippen LogP contribution in [0.3, 0.4) is 0 Å². The Kier molecular flexibility index (Phi) is 7.58. The number of aryl methyl sites for hydroxylation is 1. The predicted molar refractivity (Wildman–Crippen MR) is 137 cm³/mol. The molecule has 4 atom stereocenters. The van der Waals surface area contributed by atoms with Gasteiger partial charge in [0.05, 0.1) is 6.04 Å². The summed E-state index contributed by atoms with van der Waals surface area (Å²) < 4.78 is 16.3. The van der Waals surface area contributed by atoms with Crippen LogP contribution in [0.1, 0.15) is 113 Å². The number of nitrogens with one attached hydrogen (secondary N) is 1. The van der Waals surface area contributed by atoms with E-state index in [-0.39, 0.29) is 23.0 Å². The second-order valence-corrected chi connectivity index (χ2v) is 12.3. The zero-order chi connectivity index (χ0) is 24.5. The van der Waals surface area contributed by atoms with Gasteiger partial charge in [-0.25, -0.2) is 0 Å². The van der Waals surface area contributed by atoms with Crippen LogP contribution in [0.5, 0.6) is 0 Å². The fourth-order valence-corrected chi connectivity index (χ4v) is 7.60. The minimum absolute atomic E-state index is 0.108. The summed E-state index contributed by atoms with van der Waals surface area (Å²) in [5.74, 6) is 2.77. The highest BCUT2D eigenvalue weighted by Gasteiger charge is 2.42. The fourth-order valence-electron chi connectivity index (χ4n) is 6.79. The Morgan fingerprint density at radius 2 is 1.80 bits per heavy atom. The molecule has 0 radical (unpaired) electrons. The Morgan fingerprint density at radius 3 is 2.43 bits per heavy atom. The molecule has 0 spiro atoms. The van der Waals surface area contributed by atoms with E-state index in [0.717, 1.165) is 68.0 Å². The molecule has 0 unspecified atom stereocenters. The number of rotatable bonds is 8. The molecule has 1 saturated carbocycles. The third-order valence-corrected chi connectivity index (χ3v) is 9.53. The average Bonchev–Trinajstić information content (AvgIpc) is 3.52. The van der Waals surface area contributed by atoms with Crippen molar-refractivity contribution in [3.8, 4) is 0 Å². The Balaban J connectivity index is 1.25. The van der Waals surface area contributed by atoms with E-state index < -0.39 is 0 Å². The lowest BCUT2D eigenvalue weighted by Crippen LogP contribution is -2.45. The summed E-state index contributed by atoms with van der Waals surface area (Å²) in [5, 5.41) is 12.0. The lowest BCUT2D eigenvalue weighted by atomic mass is 9.88. The smallest absolute Gasteiger partial charge is 0.223 e. The van der Waals surface area contributed by atoms with E-state index in [9.17, 15) is 9.18 Å². The molecule has 2 saturated heterocycles. The maximum Gasteiger partial charge on any atom is 0.223 e.